The van der Waals surface area contributed by atoms with Gasteiger partial charge in [0.25, 0.3) is 0 Å². The Morgan fingerprint density at radius 1 is 1.15 bits per heavy atom. The van der Waals surface area contributed by atoms with E-state index in [1.54, 1.807) is 12.1 Å². The smallest absolute Gasteiger partial charge is 0.341 e. The number of rotatable bonds is 3. The molecule has 0 saturated carbocycles. The summed E-state index contributed by atoms with van der Waals surface area (Å²) >= 11 is 0. The SMILES string of the molecule is CC1CCc2c(CN3C(=O)CCC3=O)ccc3c(=O)c(C(=O)O)cn1c23.O. The summed E-state index contributed by atoms with van der Waals surface area (Å²) in [5.74, 6) is -1.59. The Bertz CT molecular complexity index is 1020. The molecule has 8 heteroatoms. The van der Waals surface area contributed by atoms with Crippen molar-refractivity contribution in [3.63, 3.8) is 0 Å². The van der Waals surface area contributed by atoms with Crippen LogP contribution in [0.1, 0.15) is 53.7 Å². The second kappa shape index (κ2) is 6.62. The fraction of sp³-hybridized carbons (Fsp3) is 0.368. The molecule has 2 aromatic rings. The van der Waals surface area contributed by atoms with Gasteiger partial charge in [0, 0.05) is 30.5 Å². The second-order valence-electron chi connectivity index (χ2n) is 6.95. The molecule has 0 aliphatic carbocycles. The number of aryl methyl sites for hydroxylation is 1. The van der Waals surface area contributed by atoms with E-state index in [0.717, 1.165) is 29.5 Å². The summed E-state index contributed by atoms with van der Waals surface area (Å²) in [4.78, 5) is 49.1. The first-order valence-electron chi connectivity index (χ1n) is 8.64. The summed E-state index contributed by atoms with van der Waals surface area (Å²) in [6.07, 6.45) is 3.41. The van der Waals surface area contributed by atoms with Gasteiger partial charge in [-0.2, -0.15) is 0 Å². The number of benzene rings is 1. The van der Waals surface area contributed by atoms with Gasteiger partial charge in [0.15, 0.2) is 0 Å². The molecular formula is C19H20N2O6. The molecule has 0 radical (unpaired) electrons. The van der Waals surface area contributed by atoms with Crippen molar-refractivity contribution in [2.45, 2.75) is 45.2 Å². The van der Waals surface area contributed by atoms with Crippen LogP contribution in [0, 0.1) is 0 Å². The number of aromatic nitrogens is 1. The van der Waals surface area contributed by atoms with E-state index < -0.39 is 11.4 Å². The zero-order valence-corrected chi connectivity index (χ0v) is 14.8. The standard InChI is InChI=1S/C19H18N2O5.H2O/c1-10-2-4-12-11(8-21-15(22)6-7-16(21)23)3-5-13-17(12)20(10)9-14(18(13)24)19(25)26;/h3,5,9-10H,2,4,6-8H2,1H3,(H,25,26);1H2. The Kier molecular flexibility index (Phi) is 4.61. The lowest BCUT2D eigenvalue weighted by Crippen LogP contribution is -2.30. The molecular weight excluding hydrogens is 352 g/mol. The van der Waals surface area contributed by atoms with Crippen molar-refractivity contribution in [3.05, 3.63) is 45.2 Å². The molecule has 8 nitrogen and oxygen atoms in total. The van der Waals surface area contributed by atoms with Crippen LogP contribution >= 0.6 is 0 Å². The van der Waals surface area contributed by atoms with Gasteiger partial charge in [-0.05, 0) is 37.0 Å². The Balaban J connectivity index is 0.00000210. The van der Waals surface area contributed by atoms with Crippen molar-refractivity contribution in [2.75, 3.05) is 0 Å². The van der Waals surface area contributed by atoms with E-state index in [4.69, 9.17) is 0 Å². The van der Waals surface area contributed by atoms with Crippen LogP contribution in [0.2, 0.25) is 0 Å². The highest BCUT2D eigenvalue weighted by atomic mass is 16.4. The normalized spacial score (nSPS) is 18.7. The van der Waals surface area contributed by atoms with E-state index in [2.05, 4.69) is 0 Å². The predicted molar refractivity (Wildman–Crippen MR) is 96.6 cm³/mol. The number of carboxylic acid groups (broad SMARTS) is 1. The van der Waals surface area contributed by atoms with Crippen molar-refractivity contribution in [1.82, 2.24) is 9.47 Å². The van der Waals surface area contributed by atoms with Gasteiger partial charge in [-0.15, -0.1) is 0 Å². The van der Waals surface area contributed by atoms with Gasteiger partial charge in [0.2, 0.25) is 17.2 Å². The number of hydrogen-bond acceptors (Lipinski definition) is 4. The minimum absolute atomic E-state index is 0. The third-order valence-corrected chi connectivity index (χ3v) is 5.40. The third-order valence-electron chi connectivity index (χ3n) is 5.40. The van der Waals surface area contributed by atoms with Gasteiger partial charge >= 0.3 is 5.97 Å². The van der Waals surface area contributed by atoms with Gasteiger partial charge < -0.3 is 15.1 Å². The first-order valence-corrected chi connectivity index (χ1v) is 8.64. The average Bonchev–Trinajstić information content (AvgIpc) is 2.92. The molecule has 1 saturated heterocycles. The largest absolute Gasteiger partial charge is 0.477 e. The molecule has 1 fully saturated rings. The van der Waals surface area contributed by atoms with Crippen LogP contribution in [0.4, 0.5) is 0 Å². The third kappa shape index (κ3) is 2.82. The van der Waals surface area contributed by atoms with Gasteiger partial charge in [0.1, 0.15) is 5.56 Å². The Hall–Kier alpha value is -3.00. The quantitative estimate of drug-likeness (QED) is 0.805. The Morgan fingerprint density at radius 2 is 1.81 bits per heavy atom. The fourth-order valence-electron chi connectivity index (χ4n) is 3.95. The first-order chi connectivity index (χ1) is 12.4. The molecule has 2 amide bonds. The summed E-state index contributed by atoms with van der Waals surface area (Å²) in [7, 11) is 0. The number of carboxylic acids is 1. The molecule has 3 heterocycles. The van der Waals surface area contributed by atoms with Crippen molar-refractivity contribution in [1.29, 1.82) is 0 Å². The van der Waals surface area contributed by atoms with E-state index in [-0.39, 0.29) is 48.3 Å². The highest BCUT2D eigenvalue weighted by molar-refractivity contribution is 6.02. The minimum Gasteiger partial charge on any atom is -0.477 e. The topological polar surface area (TPSA) is 128 Å². The molecule has 1 unspecified atom stereocenters. The van der Waals surface area contributed by atoms with Crippen LogP contribution in [0.25, 0.3) is 10.9 Å². The van der Waals surface area contributed by atoms with Crippen molar-refractivity contribution in [3.8, 4) is 0 Å². The molecule has 1 aromatic carbocycles. The van der Waals surface area contributed by atoms with Crippen molar-refractivity contribution < 1.29 is 25.0 Å². The molecule has 27 heavy (non-hydrogen) atoms. The maximum atomic E-state index is 12.6. The Labute approximate surface area is 154 Å². The monoisotopic (exact) mass is 372 g/mol. The summed E-state index contributed by atoms with van der Waals surface area (Å²) in [6.45, 7) is 2.19. The average molecular weight is 372 g/mol. The van der Waals surface area contributed by atoms with Crippen LogP contribution < -0.4 is 5.43 Å². The van der Waals surface area contributed by atoms with E-state index in [9.17, 15) is 24.3 Å². The highest BCUT2D eigenvalue weighted by Crippen LogP contribution is 2.33. The molecule has 1 aromatic heterocycles. The lowest BCUT2D eigenvalue weighted by Gasteiger charge is -2.28. The number of hydrogen-bond donors (Lipinski definition) is 1. The van der Waals surface area contributed by atoms with Gasteiger partial charge in [-0.25, -0.2) is 4.79 Å². The zero-order chi connectivity index (χ0) is 18.6. The molecule has 4 rings (SSSR count). The van der Waals surface area contributed by atoms with Crippen molar-refractivity contribution in [2.24, 2.45) is 0 Å². The lowest BCUT2D eigenvalue weighted by atomic mass is 9.92. The number of nitrogens with zero attached hydrogens (tertiary/aromatic N) is 2. The number of carbonyl (C=O) groups is 3. The minimum atomic E-state index is -1.24. The summed E-state index contributed by atoms with van der Waals surface area (Å²) in [6, 6.07) is 3.42. The molecule has 2 aliphatic heterocycles. The number of aromatic carboxylic acids is 1. The van der Waals surface area contributed by atoms with Crippen molar-refractivity contribution >= 4 is 28.7 Å². The summed E-state index contributed by atoms with van der Waals surface area (Å²) in [5, 5.41) is 9.70. The van der Waals surface area contributed by atoms with Crippen LogP contribution in [0.15, 0.2) is 23.1 Å². The summed E-state index contributed by atoms with van der Waals surface area (Å²) in [5.41, 5.74) is 1.73. The van der Waals surface area contributed by atoms with Crippen LogP contribution in [-0.2, 0) is 22.6 Å². The van der Waals surface area contributed by atoms with Crippen LogP contribution in [-0.4, -0.2) is 37.8 Å². The maximum Gasteiger partial charge on any atom is 0.341 e. The van der Waals surface area contributed by atoms with E-state index >= 15 is 0 Å². The van der Waals surface area contributed by atoms with Crippen LogP contribution in [0.3, 0.4) is 0 Å². The molecule has 3 N–H and O–H groups in total. The molecule has 0 spiro atoms. The molecule has 2 aliphatic rings. The number of imide groups is 1. The maximum absolute atomic E-state index is 12.6. The first kappa shape index (κ1) is 18.8. The fourth-order valence-corrected chi connectivity index (χ4v) is 3.95. The number of amides is 2. The second-order valence-corrected chi connectivity index (χ2v) is 6.95. The van der Waals surface area contributed by atoms with E-state index in [0.29, 0.717) is 5.39 Å². The molecule has 0 bridgehead atoms. The molecule has 142 valence electrons. The van der Waals surface area contributed by atoms with Gasteiger partial charge in [0.05, 0.1) is 12.1 Å². The zero-order valence-electron chi connectivity index (χ0n) is 14.8. The van der Waals surface area contributed by atoms with E-state index in [1.807, 2.05) is 11.5 Å². The predicted octanol–water partition coefficient (Wildman–Crippen LogP) is 1.03. The van der Waals surface area contributed by atoms with Gasteiger partial charge in [-0.1, -0.05) is 6.07 Å². The number of carbonyl (C=O) groups excluding carboxylic acids is 2. The van der Waals surface area contributed by atoms with E-state index in [1.165, 1.54) is 11.1 Å². The summed E-state index contributed by atoms with van der Waals surface area (Å²) < 4.78 is 1.84. The van der Waals surface area contributed by atoms with Crippen LogP contribution in [0.5, 0.6) is 0 Å². The number of likely N-dealkylation sites (tertiary alicyclic amines) is 1. The Morgan fingerprint density at radius 3 is 2.44 bits per heavy atom. The lowest BCUT2D eigenvalue weighted by molar-refractivity contribution is -0.139. The highest BCUT2D eigenvalue weighted by Gasteiger charge is 2.31. The number of pyridine rings is 1. The van der Waals surface area contributed by atoms with Gasteiger partial charge in [-0.3, -0.25) is 19.3 Å². The molecule has 1 atom stereocenters.